The zero-order chi connectivity index (χ0) is 20.1. The highest BCUT2D eigenvalue weighted by atomic mass is 35.5. The number of halogens is 1. The summed E-state index contributed by atoms with van der Waals surface area (Å²) in [4.78, 5) is 14.5. The van der Waals surface area contributed by atoms with E-state index in [0.717, 1.165) is 29.7 Å². The molecule has 0 bridgehead atoms. The smallest absolute Gasteiger partial charge is 0.328 e. The highest BCUT2D eigenvalue weighted by Crippen LogP contribution is 2.36. The molecule has 1 aliphatic heterocycles. The van der Waals surface area contributed by atoms with Crippen LogP contribution in [0.3, 0.4) is 0 Å². The lowest BCUT2D eigenvalue weighted by Gasteiger charge is -2.43. The highest BCUT2D eigenvalue weighted by molar-refractivity contribution is 6.30. The van der Waals surface area contributed by atoms with Gasteiger partial charge in [-0.25, -0.2) is 4.79 Å². The van der Waals surface area contributed by atoms with Crippen LogP contribution in [-0.4, -0.2) is 31.7 Å². The van der Waals surface area contributed by atoms with Crippen molar-refractivity contribution in [1.82, 2.24) is 14.0 Å². The number of aryl methyl sites for hydroxylation is 2. The van der Waals surface area contributed by atoms with Crippen LogP contribution in [0.2, 0.25) is 5.02 Å². The van der Waals surface area contributed by atoms with Crippen molar-refractivity contribution in [3.8, 4) is 0 Å². The van der Waals surface area contributed by atoms with E-state index >= 15 is 0 Å². The normalized spacial score (nSPS) is 23.4. The SMILES string of the molecule is C[C@@H]1C[C@](O)(c2ccc(Cl)cc2)CCN1Cc1ccc2c(c1)n(C)c(=O)n2C. The minimum atomic E-state index is -0.812. The number of nitrogens with zero attached hydrogens (tertiary/aromatic N) is 3. The van der Waals surface area contributed by atoms with Crippen LogP contribution < -0.4 is 5.69 Å². The van der Waals surface area contributed by atoms with Crippen molar-refractivity contribution in [3.05, 3.63) is 69.1 Å². The van der Waals surface area contributed by atoms with Gasteiger partial charge in [-0.15, -0.1) is 0 Å². The van der Waals surface area contributed by atoms with Gasteiger partial charge in [-0.1, -0.05) is 29.8 Å². The molecule has 0 unspecified atom stereocenters. The molecule has 1 saturated heterocycles. The summed E-state index contributed by atoms with van der Waals surface area (Å²) in [6.45, 7) is 3.78. The maximum Gasteiger partial charge on any atom is 0.328 e. The molecule has 148 valence electrons. The minimum Gasteiger partial charge on any atom is -0.385 e. The zero-order valence-electron chi connectivity index (χ0n) is 16.5. The standard InChI is InChI=1S/C22H26ClN3O2/c1-15-13-22(28,17-5-7-18(23)8-6-17)10-11-26(15)14-16-4-9-19-20(12-16)25(3)21(27)24(19)2/h4-9,12,15,28H,10-11,13-14H2,1-3H3/t15-,22+/m1/s1. The third-order valence-electron chi connectivity index (χ3n) is 6.17. The maximum atomic E-state index is 12.1. The van der Waals surface area contributed by atoms with Crippen LogP contribution in [0.5, 0.6) is 0 Å². The zero-order valence-corrected chi connectivity index (χ0v) is 17.3. The number of aromatic nitrogens is 2. The van der Waals surface area contributed by atoms with Gasteiger partial charge in [-0.05, 0) is 55.2 Å². The Balaban J connectivity index is 1.53. The Morgan fingerprint density at radius 1 is 1.11 bits per heavy atom. The molecule has 0 saturated carbocycles. The molecule has 1 aromatic heterocycles. The van der Waals surface area contributed by atoms with Gasteiger partial charge in [-0.3, -0.25) is 14.0 Å². The van der Waals surface area contributed by atoms with Gasteiger partial charge in [0.1, 0.15) is 0 Å². The Labute approximate surface area is 169 Å². The van der Waals surface area contributed by atoms with Crippen LogP contribution in [0.15, 0.2) is 47.3 Å². The lowest BCUT2D eigenvalue weighted by atomic mass is 9.81. The number of rotatable bonds is 3. The number of imidazole rings is 1. The Kier molecular flexibility index (Phi) is 4.86. The highest BCUT2D eigenvalue weighted by Gasteiger charge is 2.37. The Morgan fingerprint density at radius 3 is 2.46 bits per heavy atom. The quantitative estimate of drug-likeness (QED) is 0.734. The largest absolute Gasteiger partial charge is 0.385 e. The predicted octanol–water partition coefficient (Wildman–Crippen LogP) is 3.40. The summed E-state index contributed by atoms with van der Waals surface area (Å²) in [6, 6.07) is 14.0. The lowest BCUT2D eigenvalue weighted by Crippen LogP contribution is -2.47. The van der Waals surface area contributed by atoms with Crippen LogP contribution in [-0.2, 0) is 26.2 Å². The van der Waals surface area contributed by atoms with Gasteiger partial charge in [0, 0.05) is 38.2 Å². The molecule has 2 aromatic carbocycles. The molecule has 0 radical (unpaired) electrons. The summed E-state index contributed by atoms with van der Waals surface area (Å²) in [5.41, 5.74) is 3.19. The van der Waals surface area contributed by atoms with Gasteiger partial charge in [0.25, 0.3) is 0 Å². The fourth-order valence-electron chi connectivity index (χ4n) is 4.41. The van der Waals surface area contributed by atoms with E-state index < -0.39 is 5.60 Å². The van der Waals surface area contributed by atoms with E-state index in [1.165, 1.54) is 5.56 Å². The first-order valence-electron chi connectivity index (χ1n) is 9.65. The number of hydrogen-bond donors (Lipinski definition) is 1. The topological polar surface area (TPSA) is 50.4 Å². The third kappa shape index (κ3) is 3.28. The first kappa shape index (κ1) is 19.2. The van der Waals surface area contributed by atoms with Crippen molar-refractivity contribution in [2.75, 3.05) is 6.54 Å². The summed E-state index contributed by atoms with van der Waals surface area (Å²) in [6.07, 6.45) is 1.37. The number of piperidine rings is 1. The number of aliphatic hydroxyl groups is 1. The maximum absolute atomic E-state index is 12.1. The van der Waals surface area contributed by atoms with E-state index in [2.05, 4.69) is 24.0 Å². The molecule has 1 N–H and O–H groups in total. The second-order valence-electron chi connectivity index (χ2n) is 8.04. The molecular formula is C22H26ClN3O2. The molecule has 4 rings (SSSR count). The van der Waals surface area contributed by atoms with E-state index in [-0.39, 0.29) is 11.7 Å². The van der Waals surface area contributed by atoms with Crippen molar-refractivity contribution >= 4 is 22.6 Å². The monoisotopic (exact) mass is 399 g/mol. The number of benzene rings is 2. The molecule has 2 heterocycles. The van der Waals surface area contributed by atoms with Crippen LogP contribution in [0.25, 0.3) is 11.0 Å². The molecule has 0 aliphatic carbocycles. The van der Waals surface area contributed by atoms with Gasteiger partial charge in [0.2, 0.25) is 0 Å². The first-order chi connectivity index (χ1) is 13.3. The summed E-state index contributed by atoms with van der Waals surface area (Å²) in [5.74, 6) is 0. The van der Waals surface area contributed by atoms with Crippen molar-refractivity contribution in [3.63, 3.8) is 0 Å². The summed E-state index contributed by atoms with van der Waals surface area (Å²) in [7, 11) is 3.61. The molecular weight excluding hydrogens is 374 g/mol. The summed E-state index contributed by atoms with van der Waals surface area (Å²) in [5, 5.41) is 11.9. The average Bonchev–Trinajstić information content (AvgIpc) is 2.89. The molecule has 0 amide bonds. The molecule has 28 heavy (non-hydrogen) atoms. The van der Waals surface area contributed by atoms with Gasteiger partial charge in [0.15, 0.2) is 0 Å². The average molecular weight is 400 g/mol. The van der Waals surface area contributed by atoms with Gasteiger partial charge < -0.3 is 5.11 Å². The number of likely N-dealkylation sites (tertiary alicyclic amines) is 1. The van der Waals surface area contributed by atoms with Gasteiger partial charge in [-0.2, -0.15) is 0 Å². The van der Waals surface area contributed by atoms with E-state index in [1.807, 2.05) is 37.4 Å². The van der Waals surface area contributed by atoms with Gasteiger partial charge >= 0.3 is 5.69 Å². The van der Waals surface area contributed by atoms with E-state index in [9.17, 15) is 9.90 Å². The predicted molar refractivity (Wildman–Crippen MR) is 113 cm³/mol. The Morgan fingerprint density at radius 2 is 1.79 bits per heavy atom. The molecule has 2 atom stereocenters. The number of hydrogen-bond acceptors (Lipinski definition) is 3. The third-order valence-corrected chi connectivity index (χ3v) is 6.42. The van der Waals surface area contributed by atoms with Crippen molar-refractivity contribution in [1.29, 1.82) is 0 Å². The van der Waals surface area contributed by atoms with Crippen LogP contribution in [0, 0.1) is 0 Å². The molecule has 5 nitrogen and oxygen atoms in total. The van der Waals surface area contributed by atoms with Crippen molar-refractivity contribution in [2.24, 2.45) is 14.1 Å². The minimum absolute atomic E-state index is 0.00785. The number of fused-ring (bicyclic) bond motifs is 1. The van der Waals surface area contributed by atoms with Crippen LogP contribution in [0.4, 0.5) is 0 Å². The van der Waals surface area contributed by atoms with Crippen LogP contribution >= 0.6 is 11.6 Å². The summed E-state index contributed by atoms with van der Waals surface area (Å²) < 4.78 is 3.37. The van der Waals surface area contributed by atoms with Crippen LogP contribution in [0.1, 0.15) is 30.9 Å². The molecule has 0 spiro atoms. The molecule has 1 aliphatic rings. The Hall–Kier alpha value is -2.08. The second kappa shape index (κ2) is 7.07. The van der Waals surface area contributed by atoms with Gasteiger partial charge in [0.05, 0.1) is 16.6 Å². The van der Waals surface area contributed by atoms with Crippen molar-refractivity contribution < 1.29 is 5.11 Å². The molecule has 3 aromatic rings. The fourth-order valence-corrected chi connectivity index (χ4v) is 4.54. The van der Waals surface area contributed by atoms with E-state index in [4.69, 9.17) is 11.6 Å². The fraction of sp³-hybridized carbons (Fsp3) is 0.409. The van der Waals surface area contributed by atoms with E-state index in [1.54, 1.807) is 16.2 Å². The summed E-state index contributed by atoms with van der Waals surface area (Å²) >= 11 is 5.99. The second-order valence-corrected chi connectivity index (χ2v) is 8.47. The Bertz CT molecular complexity index is 1070. The lowest BCUT2D eigenvalue weighted by molar-refractivity contribution is -0.0502. The van der Waals surface area contributed by atoms with E-state index in [0.29, 0.717) is 17.9 Å². The molecule has 1 fully saturated rings. The molecule has 6 heteroatoms. The first-order valence-corrected chi connectivity index (χ1v) is 10.0. The van der Waals surface area contributed by atoms with Crippen molar-refractivity contribution in [2.45, 2.75) is 38.0 Å².